The van der Waals surface area contributed by atoms with Gasteiger partial charge in [-0.3, -0.25) is 9.59 Å². The van der Waals surface area contributed by atoms with Crippen LogP contribution in [0.3, 0.4) is 0 Å². The summed E-state index contributed by atoms with van der Waals surface area (Å²) in [6, 6.07) is 17.1. The van der Waals surface area contributed by atoms with Gasteiger partial charge in [-0.15, -0.1) is 11.8 Å². The lowest BCUT2D eigenvalue weighted by atomic mass is 10.1. The first kappa shape index (κ1) is 23.3. The highest BCUT2D eigenvalue weighted by Gasteiger charge is 2.25. The first-order valence-corrected chi connectivity index (χ1v) is 11.4. The molecule has 1 N–H and O–H groups in total. The third kappa shape index (κ3) is 8.11. The second kappa shape index (κ2) is 12.6. The first-order valence-electron chi connectivity index (χ1n) is 10.0. The largest absolute Gasteiger partial charge is 0.354 e. The van der Waals surface area contributed by atoms with Crippen LogP contribution < -0.4 is 5.32 Å². The molecule has 2 aromatic rings. The molecule has 0 saturated heterocycles. The van der Waals surface area contributed by atoms with Crippen LogP contribution in [0.1, 0.15) is 32.3 Å². The van der Waals surface area contributed by atoms with Crippen molar-refractivity contribution in [3.63, 3.8) is 0 Å². The van der Waals surface area contributed by atoms with Crippen molar-refractivity contribution in [3.05, 3.63) is 65.2 Å². The predicted molar refractivity (Wildman–Crippen MR) is 121 cm³/mol. The maximum absolute atomic E-state index is 12.9. The second-order valence-electron chi connectivity index (χ2n) is 6.84. The Morgan fingerprint density at radius 3 is 2.45 bits per heavy atom. The van der Waals surface area contributed by atoms with E-state index < -0.39 is 6.04 Å². The summed E-state index contributed by atoms with van der Waals surface area (Å²) in [5.41, 5.74) is 1.15. The van der Waals surface area contributed by atoms with Crippen LogP contribution in [0.25, 0.3) is 0 Å². The lowest BCUT2D eigenvalue weighted by molar-refractivity contribution is -0.139. The van der Waals surface area contributed by atoms with Gasteiger partial charge in [0.1, 0.15) is 6.04 Å². The van der Waals surface area contributed by atoms with Crippen LogP contribution in [0.5, 0.6) is 0 Å². The number of nitrogens with zero attached hydrogens (tertiary/aromatic N) is 1. The molecule has 4 nitrogen and oxygen atoms in total. The van der Waals surface area contributed by atoms with Gasteiger partial charge in [0.05, 0.1) is 0 Å². The van der Waals surface area contributed by atoms with Gasteiger partial charge in [-0.25, -0.2) is 0 Å². The molecule has 29 heavy (non-hydrogen) atoms. The zero-order chi connectivity index (χ0) is 21.1. The number of rotatable bonds is 11. The van der Waals surface area contributed by atoms with E-state index in [1.54, 1.807) is 23.6 Å². The maximum atomic E-state index is 12.9. The van der Waals surface area contributed by atoms with Crippen LogP contribution >= 0.6 is 23.4 Å². The molecule has 6 heteroatoms. The van der Waals surface area contributed by atoms with Gasteiger partial charge in [0, 0.05) is 35.2 Å². The Morgan fingerprint density at radius 2 is 1.79 bits per heavy atom. The Labute approximate surface area is 183 Å². The monoisotopic (exact) mass is 432 g/mol. The number of halogens is 1. The van der Waals surface area contributed by atoms with Crippen LogP contribution in [0, 0.1) is 0 Å². The minimum Gasteiger partial charge on any atom is -0.354 e. The number of amides is 2. The first-order chi connectivity index (χ1) is 14.0. The normalized spacial score (nSPS) is 11.7. The Balaban J connectivity index is 1.96. The van der Waals surface area contributed by atoms with Crippen LogP contribution in [0.2, 0.25) is 5.02 Å². The van der Waals surface area contributed by atoms with E-state index in [0.717, 1.165) is 23.3 Å². The van der Waals surface area contributed by atoms with Crippen molar-refractivity contribution in [2.45, 2.75) is 44.0 Å². The average molecular weight is 433 g/mol. The van der Waals surface area contributed by atoms with Gasteiger partial charge in [0.25, 0.3) is 0 Å². The number of benzene rings is 2. The molecule has 0 radical (unpaired) electrons. The molecule has 1 atom stereocenters. The van der Waals surface area contributed by atoms with Gasteiger partial charge in [0.15, 0.2) is 0 Å². The molecule has 0 bridgehead atoms. The minimum absolute atomic E-state index is 0.00143. The van der Waals surface area contributed by atoms with Gasteiger partial charge in [-0.1, -0.05) is 48.9 Å². The Morgan fingerprint density at radius 1 is 1.10 bits per heavy atom. The molecule has 0 spiro atoms. The van der Waals surface area contributed by atoms with Crippen molar-refractivity contribution in [2.24, 2.45) is 0 Å². The van der Waals surface area contributed by atoms with Crippen LogP contribution in [0.4, 0.5) is 0 Å². The molecule has 2 rings (SSSR count). The second-order valence-corrected chi connectivity index (χ2v) is 8.45. The van der Waals surface area contributed by atoms with Crippen LogP contribution in [-0.2, 0) is 16.0 Å². The van der Waals surface area contributed by atoms with Gasteiger partial charge >= 0.3 is 0 Å². The molecule has 0 fully saturated rings. The van der Waals surface area contributed by atoms with Crippen molar-refractivity contribution < 1.29 is 9.59 Å². The Bertz CT molecular complexity index is 768. The third-order valence-electron chi connectivity index (χ3n) is 4.60. The molecule has 0 aliphatic heterocycles. The number of carbonyl (C=O) groups is 2. The van der Waals surface area contributed by atoms with Crippen molar-refractivity contribution in [1.82, 2.24) is 10.2 Å². The molecule has 2 aromatic carbocycles. The zero-order valence-corrected chi connectivity index (χ0v) is 18.6. The fourth-order valence-corrected chi connectivity index (χ4v) is 3.86. The summed E-state index contributed by atoms with van der Waals surface area (Å²) in [6.07, 6.45) is 1.98. The van der Waals surface area contributed by atoms with Crippen LogP contribution in [0.15, 0.2) is 59.5 Å². The molecule has 0 aliphatic carbocycles. The highest BCUT2D eigenvalue weighted by atomic mass is 35.5. The molecular formula is C23H29ClN2O2S. The average Bonchev–Trinajstić information content (AvgIpc) is 2.74. The lowest BCUT2D eigenvalue weighted by Gasteiger charge is -2.28. The quantitative estimate of drug-likeness (QED) is 0.518. The fraction of sp³-hybridized carbons (Fsp3) is 0.391. The van der Waals surface area contributed by atoms with Gasteiger partial charge in [-0.05, 0) is 49.6 Å². The standard InChI is InChI=1S/C23H29ClN2O2S/c1-3-15-25-23(28)18(2)26(16-13-19-7-5-4-6-8-19)22(27)14-17-29-21-11-9-20(24)10-12-21/h4-12,18H,3,13-17H2,1-2H3,(H,25,28). The summed E-state index contributed by atoms with van der Waals surface area (Å²) >= 11 is 7.53. The van der Waals surface area contributed by atoms with E-state index in [2.05, 4.69) is 5.32 Å². The number of thioether (sulfide) groups is 1. The van der Waals surface area contributed by atoms with Crippen LogP contribution in [-0.4, -0.2) is 41.6 Å². The molecule has 0 aromatic heterocycles. The summed E-state index contributed by atoms with van der Waals surface area (Å²) in [4.78, 5) is 28.2. The summed E-state index contributed by atoms with van der Waals surface area (Å²) in [7, 11) is 0. The maximum Gasteiger partial charge on any atom is 0.242 e. The van der Waals surface area contributed by atoms with E-state index in [4.69, 9.17) is 11.6 Å². The molecule has 156 valence electrons. The molecule has 0 saturated carbocycles. The van der Waals surface area contributed by atoms with Crippen molar-refractivity contribution in [2.75, 3.05) is 18.8 Å². The topological polar surface area (TPSA) is 49.4 Å². The number of carbonyl (C=O) groups excluding carboxylic acids is 2. The zero-order valence-electron chi connectivity index (χ0n) is 17.1. The molecule has 1 unspecified atom stereocenters. The van der Waals surface area contributed by atoms with E-state index >= 15 is 0 Å². The van der Waals surface area contributed by atoms with Gasteiger partial charge < -0.3 is 10.2 Å². The lowest BCUT2D eigenvalue weighted by Crippen LogP contribution is -2.49. The van der Waals surface area contributed by atoms with E-state index in [9.17, 15) is 9.59 Å². The van der Waals surface area contributed by atoms with E-state index in [-0.39, 0.29) is 11.8 Å². The summed E-state index contributed by atoms with van der Waals surface area (Å²) in [5, 5.41) is 3.60. The molecule has 2 amide bonds. The SMILES string of the molecule is CCCNC(=O)C(C)N(CCc1ccccc1)C(=O)CCSc1ccc(Cl)cc1. The van der Waals surface area contributed by atoms with Gasteiger partial charge in [0.2, 0.25) is 11.8 Å². The van der Waals surface area contributed by atoms with E-state index in [1.165, 1.54) is 0 Å². The minimum atomic E-state index is -0.488. The third-order valence-corrected chi connectivity index (χ3v) is 5.86. The molecular weight excluding hydrogens is 404 g/mol. The Kier molecular flexibility index (Phi) is 10.1. The number of hydrogen-bond donors (Lipinski definition) is 1. The highest BCUT2D eigenvalue weighted by molar-refractivity contribution is 7.99. The summed E-state index contributed by atoms with van der Waals surface area (Å²) in [5.74, 6) is 0.561. The summed E-state index contributed by atoms with van der Waals surface area (Å²) in [6.45, 7) is 4.96. The smallest absolute Gasteiger partial charge is 0.242 e. The summed E-state index contributed by atoms with van der Waals surface area (Å²) < 4.78 is 0. The fourth-order valence-electron chi connectivity index (χ4n) is 2.90. The van der Waals surface area contributed by atoms with Crippen molar-refractivity contribution >= 4 is 35.2 Å². The molecule has 0 aliphatic rings. The predicted octanol–water partition coefficient (Wildman–Crippen LogP) is 4.81. The Hall–Kier alpha value is -1.98. The van der Waals surface area contributed by atoms with E-state index in [1.807, 2.05) is 61.5 Å². The highest BCUT2D eigenvalue weighted by Crippen LogP contribution is 2.21. The van der Waals surface area contributed by atoms with Crippen molar-refractivity contribution in [3.8, 4) is 0 Å². The van der Waals surface area contributed by atoms with E-state index in [0.29, 0.717) is 30.3 Å². The van der Waals surface area contributed by atoms with Crippen molar-refractivity contribution in [1.29, 1.82) is 0 Å². The molecule has 0 heterocycles. The van der Waals surface area contributed by atoms with Gasteiger partial charge in [-0.2, -0.15) is 0 Å². The number of nitrogens with one attached hydrogen (secondary N) is 1. The number of hydrogen-bond acceptors (Lipinski definition) is 3.